The summed E-state index contributed by atoms with van der Waals surface area (Å²) in [5.74, 6) is 3.24. The average molecular weight is 380 g/mol. The lowest BCUT2D eigenvalue weighted by atomic mass is 9.43. The first-order chi connectivity index (χ1) is 13.4. The van der Waals surface area contributed by atoms with Crippen molar-refractivity contribution in [1.82, 2.24) is 4.98 Å². The molecule has 0 bridgehead atoms. The minimum Gasteiger partial charge on any atom is -0.390 e. The smallest absolute Gasteiger partial charge is 0.0648 e. The molecule has 0 aromatic carbocycles. The topological polar surface area (TPSA) is 33.1 Å². The predicted molar refractivity (Wildman–Crippen MR) is 115 cm³/mol. The summed E-state index contributed by atoms with van der Waals surface area (Å²) in [6.07, 6.45) is 17.4. The number of aliphatic hydroxyl groups is 1. The second-order valence-electron chi connectivity index (χ2n) is 11.0. The molecule has 4 aliphatic carbocycles. The van der Waals surface area contributed by atoms with E-state index in [9.17, 15) is 5.11 Å². The lowest BCUT2D eigenvalue weighted by Gasteiger charge is -2.62. The number of hydrogen-bond donors (Lipinski definition) is 1. The van der Waals surface area contributed by atoms with Gasteiger partial charge in [-0.1, -0.05) is 32.9 Å². The van der Waals surface area contributed by atoms with E-state index in [1.165, 1.54) is 44.1 Å². The number of nitrogens with zero attached hydrogens (tertiary/aromatic N) is 1. The highest BCUT2D eigenvalue weighted by Gasteiger charge is 2.59. The van der Waals surface area contributed by atoms with Crippen LogP contribution < -0.4 is 0 Å². The van der Waals surface area contributed by atoms with E-state index in [1.807, 2.05) is 6.20 Å². The maximum absolute atomic E-state index is 11.0. The first-order valence-electron chi connectivity index (χ1n) is 11.7. The standard InChI is InChI=1S/C26H37NO/c1-4-26(28)14-13-24(2)19(16-26)7-8-20-22-10-9-21(18-6-5-15-27-17-18)25(22,3)12-11-23(20)24/h5-6,9,15,17,19-20,22-23,28H,4,7-8,10-14,16H2,1-3H3/t19?,20?,22?,23?,24-,25+,26+/m0/s1. The molecule has 1 N–H and O–H groups in total. The van der Waals surface area contributed by atoms with Crippen LogP contribution in [0.3, 0.4) is 0 Å². The van der Waals surface area contributed by atoms with Crippen molar-refractivity contribution < 1.29 is 5.11 Å². The maximum atomic E-state index is 11.0. The third kappa shape index (κ3) is 2.59. The molecule has 7 atom stereocenters. The summed E-state index contributed by atoms with van der Waals surface area (Å²) in [5.41, 5.74) is 3.30. The largest absolute Gasteiger partial charge is 0.390 e. The van der Waals surface area contributed by atoms with Crippen molar-refractivity contribution in [2.75, 3.05) is 0 Å². The molecule has 3 saturated carbocycles. The highest BCUT2D eigenvalue weighted by molar-refractivity contribution is 5.72. The van der Waals surface area contributed by atoms with Crippen molar-refractivity contribution in [1.29, 1.82) is 0 Å². The second-order valence-corrected chi connectivity index (χ2v) is 11.0. The Balaban J connectivity index is 1.42. The Morgan fingerprint density at radius 2 is 1.96 bits per heavy atom. The van der Waals surface area contributed by atoms with E-state index in [-0.39, 0.29) is 5.60 Å². The maximum Gasteiger partial charge on any atom is 0.0648 e. The molecule has 2 nitrogen and oxygen atoms in total. The lowest BCUT2D eigenvalue weighted by molar-refractivity contribution is -0.144. The lowest BCUT2D eigenvalue weighted by Crippen LogP contribution is -2.55. The van der Waals surface area contributed by atoms with Crippen molar-refractivity contribution in [3.63, 3.8) is 0 Å². The Bertz CT molecular complexity index is 772. The zero-order valence-electron chi connectivity index (χ0n) is 18.0. The summed E-state index contributed by atoms with van der Waals surface area (Å²) in [5, 5.41) is 11.0. The highest BCUT2D eigenvalue weighted by atomic mass is 16.3. The number of allylic oxidation sites excluding steroid dienone is 2. The van der Waals surface area contributed by atoms with E-state index in [4.69, 9.17) is 0 Å². The fourth-order valence-electron chi connectivity index (χ4n) is 8.18. The van der Waals surface area contributed by atoms with Crippen LogP contribution >= 0.6 is 0 Å². The summed E-state index contributed by atoms with van der Waals surface area (Å²) < 4.78 is 0. The molecule has 28 heavy (non-hydrogen) atoms. The molecule has 2 heteroatoms. The molecular formula is C26H37NO. The number of rotatable bonds is 2. The summed E-state index contributed by atoms with van der Waals surface area (Å²) >= 11 is 0. The molecule has 0 aliphatic heterocycles. The molecule has 0 amide bonds. The van der Waals surface area contributed by atoms with Gasteiger partial charge in [-0.3, -0.25) is 4.98 Å². The van der Waals surface area contributed by atoms with Crippen molar-refractivity contribution in [2.45, 2.75) is 84.2 Å². The van der Waals surface area contributed by atoms with Gasteiger partial charge in [0.25, 0.3) is 0 Å². The van der Waals surface area contributed by atoms with Crippen molar-refractivity contribution in [3.05, 3.63) is 36.2 Å². The predicted octanol–water partition coefficient (Wildman–Crippen LogP) is 6.26. The zero-order chi connectivity index (χ0) is 19.6. The second kappa shape index (κ2) is 6.42. The molecule has 0 radical (unpaired) electrons. The summed E-state index contributed by atoms with van der Waals surface area (Å²) in [6.45, 7) is 7.31. The van der Waals surface area contributed by atoms with Gasteiger partial charge in [-0.25, -0.2) is 0 Å². The van der Waals surface area contributed by atoms with E-state index >= 15 is 0 Å². The highest BCUT2D eigenvalue weighted by Crippen LogP contribution is 2.68. The van der Waals surface area contributed by atoms with Crippen molar-refractivity contribution in [2.24, 2.45) is 34.5 Å². The Morgan fingerprint density at radius 3 is 2.71 bits per heavy atom. The SMILES string of the molecule is CC[C@@]1(O)CC[C@@]2(C)C(CCC3C2CC[C@]2(C)C(c4cccnc4)=CCC32)C1. The van der Waals surface area contributed by atoms with Crippen LogP contribution in [-0.2, 0) is 0 Å². The van der Waals surface area contributed by atoms with Crippen LogP contribution in [0.2, 0.25) is 0 Å². The summed E-state index contributed by atoms with van der Waals surface area (Å²) in [4.78, 5) is 4.40. The minimum absolute atomic E-state index is 0.326. The molecule has 1 aromatic heterocycles. The summed E-state index contributed by atoms with van der Waals surface area (Å²) in [7, 11) is 0. The minimum atomic E-state index is -0.386. The van der Waals surface area contributed by atoms with E-state index < -0.39 is 0 Å². The molecule has 1 heterocycles. The molecule has 3 fully saturated rings. The van der Waals surface area contributed by atoms with Crippen LogP contribution in [0.25, 0.3) is 5.57 Å². The van der Waals surface area contributed by atoms with E-state index in [0.29, 0.717) is 10.8 Å². The van der Waals surface area contributed by atoms with Gasteiger partial charge in [-0.05, 0) is 109 Å². The van der Waals surface area contributed by atoms with Gasteiger partial charge >= 0.3 is 0 Å². The molecule has 5 rings (SSSR count). The molecule has 4 unspecified atom stereocenters. The molecule has 0 saturated heterocycles. The quantitative estimate of drug-likeness (QED) is 0.658. The van der Waals surface area contributed by atoms with Crippen molar-refractivity contribution in [3.8, 4) is 0 Å². The zero-order valence-corrected chi connectivity index (χ0v) is 18.0. The number of hydrogen-bond acceptors (Lipinski definition) is 2. The number of aromatic nitrogens is 1. The van der Waals surface area contributed by atoms with Crippen LogP contribution in [0.15, 0.2) is 30.6 Å². The van der Waals surface area contributed by atoms with Gasteiger partial charge in [0.05, 0.1) is 5.60 Å². The Hall–Kier alpha value is -1.15. The third-order valence-electron chi connectivity index (χ3n) is 10.0. The van der Waals surface area contributed by atoms with Crippen LogP contribution in [0.5, 0.6) is 0 Å². The van der Waals surface area contributed by atoms with Crippen molar-refractivity contribution >= 4 is 5.57 Å². The van der Waals surface area contributed by atoms with Gasteiger partial charge in [0.2, 0.25) is 0 Å². The first kappa shape index (κ1) is 18.9. The Labute approximate surface area is 170 Å². The average Bonchev–Trinajstić information content (AvgIpc) is 3.06. The van der Waals surface area contributed by atoms with E-state index in [1.54, 1.807) is 5.57 Å². The molecular weight excluding hydrogens is 342 g/mol. The van der Waals surface area contributed by atoms with Crippen LogP contribution in [0.1, 0.15) is 84.1 Å². The molecule has 4 aliphatic rings. The van der Waals surface area contributed by atoms with Crippen LogP contribution in [0, 0.1) is 34.5 Å². The van der Waals surface area contributed by atoms with Gasteiger partial charge in [0.15, 0.2) is 0 Å². The first-order valence-corrected chi connectivity index (χ1v) is 11.7. The number of fused-ring (bicyclic) bond motifs is 5. The van der Waals surface area contributed by atoms with E-state index in [0.717, 1.165) is 42.9 Å². The van der Waals surface area contributed by atoms with Gasteiger partial charge in [0.1, 0.15) is 0 Å². The van der Waals surface area contributed by atoms with Gasteiger partial charge < -0.3 is 5.11 Å². The number of pyridine rings is 1. The van der Waals surface area contributed by atoms with Gasteiger partial charge in [-0.2, -0.15) is 0 Å². The Kier molecular flexibility index (Phi) is 4.32. The van der Waals surface area contributed by atoms with Gasteiger partial charge in [0, 0.05) is 12.4 Å². The molecule has 0 spiro atoms. The van der Waals surface area contributed by atoms with Crippen LogP contribution in [-0.4, -0.2) is 15.7 Å². The monoisotopic (exact) mass is 379 g/mol. The third-order valence-corrected chi connectivity index (χ3v) is 10.0. The Morgan fingerprint density at radius 1 is 1.11 bits per heavy atom. The van der Waals surface area contributed by atoms with Gasteiger partial charge in [-0.15, -0.1) is 0 Å². The van der Waals surface area contributed by atoms with Crippen LogP contribution in [0.4, 0.5) is 0 Å². The normalized spacial score (nSPS) is 47.6. The summed E-state index contributed by atoms with van der Waals surface area (Å²) in [6, 6.07) is 4.34. The molecule has 1 aromatic rings. The fraction of sp³-hybridized carbons (Fsp3) is 0.731. The van der Waals surface area contributed by atoms with E-state index in [2.05, 4.69) is 50.2 Å². The fourth-order valence-corrected chi connectivity index (χ4v) is 8.18. The molecule has 152 valence electrons.